The molecule has 1 aliphatic rings. The molecule has 0 bridgehead atoms. The second-order valence-corrected chi connectivity index (χ2v) is 7.29. The monoisotopic (exact) mass is 252 g/mol. The van der Waals surface area contributed by atoms with Gasteiger partial charge in [-0.05, 0) is 44.0 Å². The van der Waals surface area contributed by atoms with E-state index in [4.69, 9.17) is 0 Å². The molecule has 1 aromatic heterocycles. The number of hydrogen-bond acceptors (Lipinski definition) is 3. The van der Waals surface area contributed by atoms with Crippen molar-refractivity contribution >= 4 is 11.3 Å². The lowest BCUT2D eigenvalue weighted by atomic mass is 9.93. The van der Waals surface area contributed by atoms with E-state index in [-0.39, 0.29) is 0 Å². The predicted octanol–water partition coefficient (Wildman–Crippen LogP) is 3.01. The van der Waals surface area contributed by atoms with E-state index in [1.165, 1.54) is 34.8 Å². The summed E-state index contributed by atoms with van der Waals surface area (Å²) >= 11 is 1.93. The summed E-state index contributed by atoms with van der Waals surface area (Å²) in [4.78, 5) is 5.54. The standard InChI is InChI=1S/C14H24N2S/c1-11-12(7-13(17-11)8-15-4)9-16-6-5-14(2,3)10-16/h7,15H,5-6,8-10H2,1-4H3. The average molecular weight is 252 g/mol. The molecule has 0 unspecified atom stereocenters. The normalized spacial score (nSPS) is 20.0. The van der Waals surface area contributed by atoms with Crippen molar-refractivity contribution in [3.8, 4) is 0 Å². The predicted molar refractivity (Wildman–Crippen MR) is 75.5 cm³/mol. The van der Waals surface area contributed by atoms with Gasteiger partial charge in [-0.2, -0.15) is 0 Å². The molecule has 1 aliphatic heterocycles. The minimum absolute atomic E-state index is 0.512. The molecule has 0 aliphatic carbocycles. The quantitative estimate of drug-likeness (QED) is 0.886. The lowest BCUT2D eigenvalue weighted by molar-refractivity contribution is 0.284. The lowest BCUT2D eigenvalue weighted by Gasteiger charge is -2.19. The fourth-order valence-electron chi connectivity index (χ4n) is 2.61. The maximum atomic E-state index is 3.23. The van der Waals surface area contributed by atoms with Crippen molar-refractivity contribution in [2.75, 3.05) is 20.1 Å². The Hall–Kier alpha value is -0.380. The van der Waals surface area contributed by atoms with Gasteiger partial charge in [0.1, 0.15) is 0 Å². The van der Waals surface area contributed by atoms with Gasteiger partial charge in [-0.15, -0.1) is 11.3 Å². The van der Waals surface area contributed by atoms with Crippen molar-refractivity contribution in [1.29, 1.82) is 0 Å². The second kappa shape index (κ2) is 5.09. The van der Waals surface area contributed by atoms with E-state index in [0.29, 0.717) is 5.41 Å². The molecule has 1 N–H and O–H groups in total. The molecule has 2 rings (SSSR count). The third-order valence-corrected chi connectivity index (χ3v) is 4.67. The third kappa shape index (κ3) is 3.30. The molecule has 2 nitrogen and oxygen atoms in total. The average Bonchev–Trinajstić information content (AvgIpc) is 2.72. The molecule has 0 amide bonds. The summed E-state index contributed by atoms with van der Waals surface area (Å²) in [5.41, 5.74) is 2.04. The van der Waals surface area contributed by atoms with Crippen LogP contribution in [-0.2, 0) is 13.1 Å². The number of nitrogens with zero attached hydrogens (tertiary/aromatic N) is 1. The summed E-state index contributed by atoms with van der Waals surface area (Å²) in [5, 5.41) is 3.23. The highest BCUT2D eigenvalue weighted by molar-refractivity contribution is 7.12. The van der Waals surface area contributed by atoms with Crippen LogP contribution in [0.4, 0.5) is 0 Å². The first kappa shape index (κ1) is 13.1. The zero-order valence-corrected chi connectivity index (χ0v) is 12.3. The molecule has 2 heterocycles. The number of rotatable bonds is 4. The van der Waals surface area contributed by atoms with Crippen LogP contribution >= 0.6 is 11.3 Å². The molecule has 0 atom stereocenters. The number of thiophene rings is 1. The molecule has 96 valence electrons. The Balaban J connectivity index is 1.99. The van der Waals surface area contributed by atoms with Crippen molar-refractivity contribution in [2.45, 2.75) is 40.3 Å². The first-order valence-corrected chi connectivity index (χ1v) is 7.27. The lowest BCUT2D eigenvalue weighted by Crippen LogP contribution is -2.22. The summed E-state index contributed by atoms with van der Waals surface area (Å²) in [6, 6.07) is 2.38. The van der Waals surface area contributed by atoms with E-state index in [9.17, 15) is 0 Å². The van der Waals surface area contributed by atoms with Gasteiger partial charge in [0, 0.05) is 29.4 Å². The molecular weight excluding hydrogens is 228 g/mol. The zero-order chi connectivity index (χ0) is 12.5. The first-order valence-electron chi connectivity index (χ1n) is 6.45. The van der Waals surface area contributed by atoms with Crippen LogP contribution in [0.1, 0.15) is 35.6 Å². The van der Waals surface area contributed by atoms with Gasteiger partial charge in [0.25, 0.3) is 0 Å². The van der Waals surface area contributed by atoms with Crippen LogP contribution in [-0.4, -0.2) is 25.0 Å². The largest absolute Gasteiger partial charge is 0.315 e. The van der Waals surface area contributed by atoms with Crippen LogP contribution in [0.3, 0.4) is 0 Å². The van der Waals surface area contributed by atoms with Crippen LogP contribution in [0, 0.1) is 12.3 Å². The Morgan fingerprint density at radius 2 is 2.24 bits per heavy atom. The van der Waals surface area contributed by atoms with Gasteiger partial charge in [0.05, 0.1) is 0 Å². The van der Waals surface area contributed by atoms with Crippen molar-refractivity contribution < 1.29 is 0 Å². The summed E-state index contributed by atoms with van der Waals surface area (Å²) in [7, 11) is 2.01. The van der Waals surface area contributed by atoms with Crippen molar-refractivity contribution in [2.24, 2.45) is 5.41 Å². The van der Waals surface area contributed by atoms with E-state index in [0.717, 1.165) is 13.1 Å². The number of likely N-dealkylation sites (tertiary alicyclic amines) is 1. The number of nitrogens with one attached hydrogen (secondary N) is 1. The minimum atomic E-state index is 0.512. The van der Waals surface area contributed by atoms with E-state index in [1.807, 2.05) is 18.4 Å². The van der Waals surface area contributed by atoms with Crippen LogP contribution in [0.15, 0.2) is 6.07 Å². The Morgan fingerprint density at radius 3 is 2.82 bits per heavy atom. The molecule has 0 saturated carbocycles. The summed E-state index contributed by atoms with van der Waals surface area (Å²) < 4.78 is 0. The maximum absolute atomic E-state index is 3.23. The van der Waals surface area contributed by atoms with Gasteiger partial charge in [0.15, 0.2) is 0 Å². The van der Waals surface area contributed by atoms with Gasteiger partial charge < -0.3 is 5.32 Å². The highest BCUT2D eigenvalue weighted by Gasteiger charge is 2.29. The Labute approximate surface area is 109 Å². The molecular formula is C14H24N2S. The first-order chi connectivity index (χ1) is 8.00. The van der Waals surface area contributed by atoms with Crippen LogP contribution in [0.25, 0.3) is 0 Å². The van der Waals surface area contributed by atoms with Gasteiger partial charge >= 0.3 is 0 Å². The second-order valence-electron chi connectivity index (χ2n) is 5.95. The van der Waals surface area contributed by atoms with E-state index in [2.05, 4.69) is 37.1 Å². The van der Waals surface area contributed by atoms with Gasteiger partial charge in [0.2, 0.25) is 0 Å². The van der Waals surface area contributed by atoms with E-state index < -0.39 is 0 Å². The number of hydrogen-bond donors (Lipinski definition) is 1. The van der Waals surface area contributed by atoms with Gasteiger partial charge in [-0.3, -0.25) is 4.90 Å². The van der Waals surface area contributed by atoms with Gasteiger partial charge in [-0.1, -0.05) is 13.8 Å². The summed E-state index contributed by atoms with van der Waals surface area (Å²) in [6.07, 6.45) is 1.33. The third-order valence-electron chi connectivity index (χ3n) is 3.57. The van der Waals surface area contributed by atoms with Crippen LogP contribution in [0.2, 0.25) is 0 Å². The van der Waals surface area contributed by atoms with Crippen molar-refractivity contribution in [3.63, 3.8) is 0 Å². The maximum Gasteiger partial charge on any atom is 0.0296 e. The summed E-state index contributed by atoms with van der Waals surface area (Å²) in [5.74, 6) is 0. The Bertz CT molecular complexity index is 382. The zero-order valence-electron chi connectivity index (χ0n) is 11.5. The fraction of sp³-hybridized carbons (Fsp3) is 0.714. The van der Waals surface area contributed by atoms with Crippen LogP contribution < -0.4 is 5.32 Å². The fourth-order valence-corrected chi connectivity index (χ4v) is 3.67. The smallest absolute Gasteiger partial charge is 0.0296 e. The van der Waals surface area contributed by atoms with Gasteiger partial charge in [-0.25, -0.2) is 0 Å². The molecule has 1 saturated heterocycles. The Kier molecular flexibility index (Phi) is 3.91. The molecule has 1 fully saturated rings. The molecule has 0 aromatic carbocycles. The van der Waals surface area contributed by atoms with E-state index in [1.54, 1.807) is 0 Å². The van der Waals surface area contributed by atoms with Crippen molar-refractivity contribution in [1.82, 2.24) is 10.2 Å². The molecule has 1 aromatic rings. The SMILES string of the molecule is CNCc1cc(CN2CCC(C)(C)C2)c(C)s1. The highest BCUT2D eigenvalue weighted by Crippen LogP contribution is 2.31. The molecule has 0 radical (unpaired) electrons. The topological polar surface area (TPSA) is 15.3 Å². The van der Waals surface area contributed by atoms with Crippen molar-refractivity contribution in [3.05, 3.63) is 21.4 Å². The molecule has 17 heavy (non-hydrogen) atoms. The van der Waals surface area contributed by atoms with Crippen LogP contribution in [0.5, 0.6) is 0 Å². The Morgan fingerprint density at radius 1 is 1.47 bits per heavy atom. The van der Waals surface area contributed by atoms with E-state index >= 15 is 0 Å². The minimum Gasteiger partial charge on any atom is -0.315 e. The molecule has 0 spiro atoms. The highest BCUT2D eigenvalue weighted by atomic mass is 32.1. The molecule has 3 heteroatoms. The number of aryl methyl sites for hydroxylation is 1. The summed E-state index contributed by atoms with van der Waals surface area (Å²) in [6.45, 7) is 11.6.